The topological polar surface area (TPSA) is 35.6 Å². The fourth-order valence-corrected chi connectivity index (χ4v) is 7.23. The van der Waals surface area contributed by atoms with E-state index in [1.54, 1.807) is 0 Å². The van der Waals surface area contributed by atoms with Crippen molar-refractivity contribution in [2.75, 3.05) is 39.3 Å². The van der Waals surface area contributed by atoms with Gasteiger partial charge >= 0.3 is 0 Å². The summed E-state index contributed by atoms with van der Waals surface area (Å²) in [6, 6.07) is 0.713. The van der Waals surface area contributed by atoms with Crippen molar-refractivity contribution in [1.82, 2.24) is 15.1 Å². The van der Waals surface area contributed by atoms with Gasteiger partial charge < -0.3 is 10.2 Å². The lowest BCUT2D eigenvalue weighted by atomic mass is 9.49. The summed E-state index contributed by atoms with van der Waals surface area (Å²) in [6.07, 6.45) is 10.6. The van der Waals surface area contributed by atoms with Crippen molar-refractivity contribution in [3.8, 4) is 0 Å². The minimum Gasteiger partial charge on any atom is -0.340 e. The van der Waals surface area contributed by atoms with Gasteiger partial charge in [0.25, 0.3) is 0 Å². The van der Waals surface area contributed by atoms with Crippen LogP contribution in [-0.4, -0.2) is 61.0 Å². The second-order valence-electron chi connectivity index (χ2n) is 9.66. The van der Waals surface area contributed by atoms with E-state index in [1.165, 1.54) is 44.9 Å². The molecule has 4 nitrogen and oxygen atoms in total. The van der Waals surface area contributed by atoms with E-state index in [2.05, 4.69) is 15.1 Å². The van der Waals surface area contributed by atoms with Gasteiger partial charge in [0.15, 0.2) is 0 Å². The Hall–Kier alpha value is -0.320. The largest absolute Gasteiger partial charge is 0.340 e. The zero-order valence-electron chi connectivity index (χ0n) is 15.4. The van der Waals surface area contributed by atoms with Crippen molar-refractivity contribution in [1.29, 1.82) is 0 Å². The van der Waals surface area contributed by atoms with Crippen molar-refractivity contribution in [3.05, 3.63) is 0 Å². The number of halogens is 1. The Morgan fingerprint density at radius 3 is 2.08 bits per heavy atom. The van der Waals surface area contributed by atoms with Gasteiger partial charge in [0.1, 0.15) is 0 Å². The van der Waals surface area contributed by atoms with Crippen molar-refractivity contribution in [3.63, 3.8) is 0 Å². The lowest BCUT2D eigenvalue weighted by Crippen LogP contribution is -2.54. The van der Waals surface area contributed by atoms with Crippen LogP contribution in [0.2, 0.25) is 0 Å². The number of hydrogen-bond donors (Lipinski definition) is 1. The fourth-order valence-electron chi connectivity index (χ4n) is 7.23. The highest BCUT2D eigenvalue weighted by Gasteiger charge is 2.51. The maximum Gasteiger partial charge on any atom is 0.223 e. The molecular formula is C20H34ClN3O. The van der Waals surface area contributed by atoms with Gasteiger partial charge in [0.05, 0.1) is 0 Å². The first kappa shape index (κ1) is 18.1. The monoisotopic (exact) mass is 367 g/mol. The molecule has 0 aromatic carbocycles. The van der Waals surface area contributed by atoms with Crippen LogP contribution in [0.1, 0.15) is 51.4 Å². The Morgan fingerprint density at radius 2 is 1.56 bits per heavy atom. The Balaban J connectivity index is 0.00000157. The number of nitrogens with one attached hydrogen (secondary N) is 1. The molecule has 2 aliphatic heterocycles. The van der Waals surface area contributed by atoms with E-state index >= 15 is 0 Å². The molecule has 0 aromatic rings. The first-order chi connectivity index (χ1) is 11.7. The molecule has 0 aromatic heterocycles. The van der Waals surface area contributed by atoms with Crippen molar-refractivity contribution < 1.29 is 4.79 Å². The lowest BCUT2D eigenvalue weighted by molar-refractivity contribution is -0.141. The first-order valence-corrected chi connectivity index (χ1v) is 10.4. The average molecular weight is 368 g/mol. The molecule has 0 radical (unpaired) electrons. The number of nitrogens with zero attached hydrogens (tertiary/aromatic N) is 2. The normalized spacial score (nSPS) is 43.3. The van der Waals surface area contributed by atoms with Crippen molar-refractivity contribution in [2.24, 2.45) is 23.2 Å². The number of amides is 1. The highest BCUT2D eigenvalue weighted by molar-refractivity contribution is 5.85. The van der Waals surface area contributed by atoms with Crippen LogP contribution in [0.25, 0.3) is 0 Å². The smallest absolute Gasteiger partial charge is 0.223 e. The van der Waals surface area contributed by atoms with E-state index in [0.717, 1.165) is 63.4 Å². The van der Waals surface area contributed by atoms with Gasteiger partial charge in [-0.15, -0.1) is 12.4 Å². The zero-order valence-corrected chi connectivity index (χ0v) is 16.2. The standard InChI is InChI=1S/C20H33N3O.ClH/c24-19(23-5-3-22(4-6-23)18-1-2-21-14-18)13-20-10-15-7-16(11-20)9-17(8-15)12-20;/h15-18,21H,1-14H2;1H. The third kappa shape index (κ3) is 3.46. The predicted molar refractivity (Wildman–Crippen MR) is 102 cm³/mol. The molecule has 2 saturated heterocycles. The van der Waals surface area contributed by atoms with Crippen molar-refractivity contribution >= 4 is 18.3 Å². The summed E-state index contributed by atoms with van der Waals surface area (Å²) < 4.78 is 0. The highest BCUT2D eigenvalue weighted by atomic mass is 35.5. The quantitative estimate of drug-likeness (QED) is 0.832. The summed E-state index contributed by atoms with van der Waals surface area (Å²) in [6.45, 7) is 6.39. The van der Waals surface area contributed by atoms with Gasteiger partial charge in [-0.25, -0.2) is 0 Å². The molecule has 4 bridgehead atoms. The minimum absolute atomic E-state index is 0. The van der Waals surface area contributed by atoms with Crippen LogP contribution >= 0.6 is 12.4 Å². The molecule has 0 spiro atoms. The summed E-state index contributed by atoms with van der Waals surface area (Å²) in [4.78, 5) is 17.8. The number of carbonyl (C=O) groups is 1. The molecular weight excluding hydrogens is 334 g/mol. The van der Waals surface area contributed by atoms with E-state index in [0.29, 0.717) is 17.4 Å². The summed E-state index contributed by atoms with van der Waals surface area (Å²) in [5.74, 6) is 3.34. The van der Waals surface area contributed by atoms with Crippen LogP contribution in [0.4, 0.5) is 0 Å². The summed E-state index contributed by atoms with van der Waals surface area (Å²) in [5.41, 5.74) is 0.401. The molecule has 1 atom stereocenters. The maximum absolute atomic E-state index is 13.0. The molecule has 6 aliphatic rings. The average Bonchev–Trinajstić information content (AvgIpc) is 3.07. The van der Waals surface area contributed by atoms with E-state index in [1.807, 2.05) is 0 Å². The molecule has 5 heteroatoms. The Labute approximate surface area is 158 Å². The van der Waals surface area contributed by atoms with Gasteiger partial charge in [-0.2, -0.15) is 0 Å². The highest BCUT2D eigenvalue weighted by Crippen LogP contribution is 2.61. The van der Waals surface area contributed by atoms with Crippen LogP contribution in [0.3, 0.4) is 0 Å². The second-order valence-corrected chi connectivity index (χ2v) is 9.66. The number of carbonyl (C=O) groups excluding carboxylic acids is 1. The van der Waals surface area contributed by atoms with Crippen molar-refractivity contribution in [2.45, 2.75) is 57.4 Å². The third-order valence-electron chi connectivity index (χ3n) is 7.91. The van der Waals surface area contributed by atoms with E-state index in [-0.39, 0.29) is 12.4 Å². The Bertz CT molecular complexity index is 462. The molecule has 1 amide bonds. The molecule has 4 saturated carbocycles. The SMILES string of the molecule is Cl.O=C(CC12CC3CC(CC(C3)C1)C2)N1CCN(C2CCNC2)CC1. The number of piperazine rings is 1. The van der Waals surface area contributed by atoms with Crippen LogP contribution < -0.4 is 5.32 Å². The second kappa shape index (κ2) is 7.01. The molecule has 1 N–H and O–H groups in total. The van der Waals surface area contributed by atoms with Crippen LogP contribution in [0, 0.1) is 23.2 Å². The molecule has 142 valence electrons. The summed E-state index contributed by atoms with van der Waals surface area (Å²) in [7, 11) is 0. The van der Waals surface area contributed by atoms with Crippen LogP contribution in [-0.2, 0) is 4.79 Å². The first-order valence-electron chi connectivity index (χ1n) is 10.4. The third-order valence-corrected chi connectivity index (χ3v) is 7.91. The van der Waals surface area contributed by atoms with Gasteiger partial charge in [0.2, 0.25) is 5.91 Å². The number of hydrogen-bond acceptors (Lipinski definition) is 3. The molecule has 4 aliphatic carbocycles. The van der Waals surface area contributed by atoms with Gasteiger partial charge in [-0.1, -0.05) is 0 Å². The van der Waals surface area contributed by atoms with Crippen LogP contribution in [0.15, 0.2) is 0 Å². The Kier molecular flexibility index (Phi) is 5.07. The predicted octanol–water partition coefficient (Wildman–Crippen LogP) is 2.52. The molecule has 1 unspecified atom stereocenters. The molecule has 2 heterocycles. The fraction of sp³-hybridized carbons (Fsp3) is 0.950. The molecule has 6 fully saturated rings. The molecule has 25 heavy (non-hydrogen) atoms. The van der Waals surface area contributed by atoms with Gasteiger partial charge in [-0.05, 0) is 74.7 Å². The maximum atomic E-state index is 13.0. The van der Waals surface area contributed by atoms with E-state index in [9.17, 15) is 4.79 Å². The summed E-state index contributed by atoms with van der Waals surface area (Å²) >= 11 is 0. The van der Waals surface area contributed by atoms with Gasteiger partial charge in [-0.3, -0.25) is 9.69 Å². The zero-order chi connectivity index (χ0) is 16.1. The minimum atomic E-state index is 0. The van der Waals surface area contributed by atoms with E-state index < -0.39 is 0 Å². The Morgan fingerprint density at radius 1 is 0.960 bits per heavy atom. The van der Waals surface area contributed by atoms with E-state index in [4.69, 9.17) is 0 Å². The van der Waals surface area contributed by atoms with Gasteiger partial charge in [0, 0.05) is 45.2 Å². The summed E-state index contributed by atoms with van der Waals surface area (Å²) in [5, 5.41) is 3.47. The number of rotatable bonds is 3. The lowest BCUT2D eigenvalue weighted by Gasteiger charge is -2.57. The van der Waals surface area contributed by atoms with Crippen LogP contribution in [0.5, 0.6) is 0 Å². The molecule has 6 rings (SSSR count).